The van der Waals surface area contributed by atoms with Gasteiger partial charge in [-0.15, -0.1) is 0 Å². The molecule has 0 saturated carbocycles. The lowest BCUT2D eigenvalue weighted by Gasteiger charge is -2.04. The van der Waals surface area contributed by atoms with Crippen molar-refractivity contribution in [2.45, 2.75) is 78.1 Å². The van der Waals surface area contributed by atoms with Crippen molar-refractivity contribution in [1.82, 2.24) is 5.43 Å². The van der Waals surface area contributed by atoms with Gasteiger partial charge in [-0.05, 0) is 31.0 Å². The molecule has 0 radical (unpaired) electrons. The molecule has 0 aromatic heterocycles. The van der Waals surface area contributed by atoms with E-state index in [4.69, 9.17) is 5.73 Å². The molecule has 0 saturated heterocycles. The van der Waals surface area contributed by atoms with Crippen LogP contribution in [0, 0.1) is 0 Å². The minimum atomic E-state index is -0.0128. The minimum absolute atomic E-state index is 0.0128. The monoisotopic (exact) mass is 331 g/mol. The zero-order valence-electron chi connectivity index (χ0n) is 15.3. The van der Waals surface area contributed by atoms with Gasteiger partial charge in [-0.2, -0.15) is 5.10 Å². The maximum atomic E-state index is 11.8. The number of nitrogens with one attached hydrogen (secondary N) is 1. The Labute approximate surface area is 146 Å². The number of anilines is 1. The summed E-state index contributed by atoms with van der Waals surface area (Å²) in [4.78, 5) is 11.8. The normalized spacial score (nSPS) is 11.5. The van der Waals surface area contributed by atoms with Crippen LogP contribution in [-0.2, 0) is 4.79 Å². The molecular weight excluding hydrogens is 298 g/mol. The Balaban J connectivity index is 2.10. The van der Waals surface area contributed by atoms with E-state index in [-0.39, 0.29) is 5.91 Å². The van der Waals surface area contributed by atoms with E-state index in [1.54, 1.807) is 0 Å². The highest BCUT2D eigenvalue weighted by Crippen LogP contribution is 2.10. The van der Waals surface area contributed by atoms with E-state index in [1.807, 2.05) is 31.2 Å². The minimum Gasteiger partial charge on any atom is -0.399 e. The average molecular weight is 332 g/mol. The van der Waals surface area contributed by atoms with Gasteiger partial charge in [-0.3, -0.25) is 4.79 Å². The van der Waals surface area contributed by atoms with Crippen LogP contribution < -0.4 is 11.2 Å². The molecule has 0 aliphatic rings. The highest BCUT2D eigenvalue weighted by atomic mass is 16.2. The molecule has 0 bridgehead atoms. The Kier molecular flexibility index (Phi) is 10.6. The summed E-state index contributed by atoms with van der Waals surface area (Å²) in [6, 6.07) is 7.50. The maximum absolute atomic E-state index is 11.8. The summed E-state index contributed by atoms with van der Waals surface area (Å²) in [5.74, 6) is -0.0128. The van der Waals surface area contributed by atoms with Crippen LogP contribution in [0.4, 0.5) is 5.69 Å². The third-order valence-corrected chi connectivity index (χ3v) is 4.16. The number of carbonyl (C=O) groups excluding carboxylic acids is 1. The highest BCUT2D eigenvalue weighted by molar-refractivity contribution is 5.99. The van der Waals surface area contributed by atoms with Crippen molar-refractivity contribution in [3.63, 3.8) is 0 Å². The summed E-state index contributed by atoms with van der Waals surface area (Å²) < 4.78 is 0. The number of nitrogens with two attached hydrogens (primary N) is 1. The third-order valence-electron chi connectivity index (χ3n) is 4.16. The van der Waals surface area contributed by atoms with E-state index in [0.29, 0.717) is 12.1 Å². The first-order chi connectivity index (χ1) is 11.6. The number of hydrogen-bond acceptors (Lipinski definition) is 3. The lowest BCUT2D eigenvalue weighted by molar-refractivity contribution is -0.121. The summed E-state index contributed by atoms with van der Waals surface area (Å²) in [6.45, 7) is 4.11. The Morgan fingerprint density at radius 3 is 2.29 bits per heavy atom. The predicted molar refractivity (Wildman–Crippen MR) is 103 cm³/mol. The van der Waals surface area contributed by atoms with Gasteiger partial charge in [0.25, 0.3) is 0 Å². The van der Waals surface area contributed by atoms with Gasteiger partial charge in [0.15, 0.2) is 0 Å². The number of carbonyl (C=O) groups is 1. The number of nitrogen functional groups attached to an aromatic ring is 1. The fourth-order valence-electron chi connectivity index (χ4n) is 2.63. The summed E-state index contributed by atoms with van der Waals surface area (Å²) in [7, 11) is 0. The molecule has 1 aromatic carbocycles. The number of amides is 1. The second-order valence-corrected chi connectivity index (χ2v) is 6.44. The molecule has 0 spiro atoms. The number of hydrazone groups is 1. The first-order valence-corrected chi connectivity index (χ1v) is 9.32. The quantitative estimate of drug-likeness (QED) is 0.244. The molecule has 0 unspecified atom stereocenters. The maximum Gasteiger partial charge on any atom is 0.240 e. The topological polar surface area (TPSA) is 67.5 Å². The molecule has 0 aliphatic heterocycles. The second-order valence-electron chi connectivity index (χ2n) is 6.44. The summed E-state index contributed by atoms with van der Waals surface area (Å²) >= 11 is 0. The van der Waals surface area contributed by atoms with E-state index < -0.39 is 0 Å². The lowest BCUT2D eigenvalue weighted by atomic mass is 10.1. The van der Waals surface area contributed by atoms with Crippen molar-refractivity contribution in [3.8, 4) is 0 Å². The van der Waals surface area contributed by atoms with Crippen LogP contribution >= 0.6 is 0 Å². The van der Waals surface area contributed by atoms with Crippen molar-refractivity contribution >= 4 is 17.3 Å². The van der Waals surface area contributed by atoms with Crippen LogP contribution in [0.25, 0.3) is 0 Å². The predicted octanol–water partition coefficient (Wildman–Crippen LogP) is 5.03. The van der Waals surface area contributed by atoms with E-state index >= 15 is 0 Å². The Morgan fingerprint density at radius 1 is 1.04 bits per heavy atom. The fourth-order valence-corrected chi connectivity index (χ4v) is 2.63. The van der Waals surface area contributed by atoms with Crippen LogP contribution in [0.15, 0.2) is 29.4 Å². The molecule has 1 aromatic rings. The Morgan fingerprint density at radius 2 is 1.67 bits per heavy atom. The molecule has 1 rings (SSSR count). The molecule has 24 heavy (non-hydrogen) atoms. The van der Waals surface area contributed by atoms with Crippen LogP contribution in [0.2, 0.25) is 0 Å². The van der Waals surface area contributed by atoms with Gasteiger partial charge < -0.3 is 5.73 Å². The highest BCUT2D eigenvalue weighted by Gasteiger charge is 2.02. The average Bonchev–Trinajstić information content (AvgIpc) is 2.58. The van der Waals surface area contributed by atoms with E-state index in [0.717, 1.165) is 24.1 Å². The smallest absolute Gasteiger partial charge is 0.240 e. The van der Waals surface area contributed by atoms with Crippen molar-refractivity contribution in [1.29, 1.82) is 0 Å². The summed E-state index contributed by atoms with van der Waals surface area (Å²) in [6.07, 6.45) is 11.8. The van der Waals surface area contributed by atoms with Crippen molar-refractivity contribution < 1.29 is 4.79 Å². The van der Waals surface area contributed by atoms with Crippen LogP contribution in [-0.4, -0.2) is 11.6 Å². The molecule has 0 atom stereocenters. The van der Waals surface area contributed by atoms with E-state index in [2.05, 4.69) is 17.5 Å². The Bertz CT molecular complexity index is 511. The molecule has 3 N–H and O–H groups in total. The number of rotatable bonds is 12. The van der Waals surface area contributed by atoms with Gasteiger partial charge in [0.1, 0.15) is 0 Å². The van der Waals surface area contributed by atoms with Crippen molar-refractivity contribution in [2.24, 2.45) is 5.10 Å². The number of unbranched alkanes of at least 4 members (excludes halogenated alkanes) is 8. The zero-order chi connectivity index (χ0) is 17.6. The van der Waals surface area contributed by atoms with Gasteiger partial charge in [-0.1, -0.05) is 70.4 Å². The number of benzene rings is 1. The molecule has 134 valence electrons. The van der Waals surface area contributed by atoms with Gasteiger partial charge in [0.2, 0.25) is 5.91 Å². The largest absolute Gasteiger partial charge is 0.399 e. The van der Waals surface area contributed by atoms with E-state index in [9.17, 15) is 4.79 Å². The second kappa shape index (κ2) is 12.6. The number of nitrogens with zero attached hydrogens (tertiary/aromatic N) is 1. The molecule has 0 heterocycles. The zero-order valence-corrected chi connectivity index (χ0v) is 15.3. The molecular formula is C20H33N3O. The molecule has 0 aliphatic carbocycles. The first kappa shape index (κ1) is 20.2. The van der Waals surface area contributed by atoms with Crippen LogP contribution in [0.5, 0.6) is 0 Å². The summed E-state index contributed by atoms with van der Waals surface area (Å²) in [5, 5.41) is 4.15. The van der Waals surface area contributed by atoms with Crippen molar-refractivity contribution in [2.75, 3.05) is 5.73 Å². The third kappa shape index (κ3) is 9.33. The first-order valence-electron chi connectivity index (χ1n) is 9.32. The standard InChI is InChI=1S/C20H33N3O/c1-3-4-5-6-7-8-9-10-11-15-20(24)23-22-17(2)18-13-12-14-19(21)16-18/h12-14,16H,3-11,15,21H2,1-2H3,(H,23,24)/b22-17+. The molecule has 4 nitrogen and oxygen atoms in total. The van der Waals surface area contributed by atoms with Gasteiger partial charge in [0.05, 0.1) is 5.71 Å². The molecule has 4 heteroatoms. The lowest BCUT2D eigenvalue weighted by Crippen LogP contribution is -2.18. The van der Waals surface area contributed by atoms with Gasteiger partial charge >= 0.3 is 0 Å². The van der Waals surface area contributed by atoms with Crippen molar-refractivity contribution in [3.05, 3.63) is 29.8 Å². The van der Waals surface area contributed by atoms with Crippen LogP contribution in [0.1, 0.15) is 83.6 Å². The van der Waals surface area contributed by atoms with Gasteiger partial charge in [-0.25, -0.2) is 5.43 Å². The number of hydrogen-bond donors (Lipinski definition) is 2. The Hall–Kier alpha value is -1.84. The summed E-state index contributed by atoms with van der Waals surface area (Å²) in [5.41, 5.74) is 10.8. The molecule has 0 fully saturated rings. The van der Waals surface area contributed by atoms with E-state index in [1.165, 1.54) is 44.9 Å². The van der Waals surface area contributed by atoms with Gasteiger partial charge in [0, 0.05) is 12.1 Å². The SMILES string of the molecule is CCCCCCCCCCCC(=O)N/N=C(\C)c1cccc(N)c1. The molecule has 1 amide bonds. The fraction of sp³-hybridized carbons (Fsp3) is 0.600. The van der Waals surface area contributed by atoms with Crippen LogP contribution in [0.3, 0.4) is 0 Å².